The summed E-state index contributed by atoms with van der Waals surface area (Å²) >= 11 is 0. The third-order valence-corrected chi connectivity index (χ3v) is 12.8. The maximum atomic E-state index is 9.51. The van der Waals surface area contributed by atoms with Gasteiger partial charge in [0.1, 0.15) is 71.5 Å². The summed E-state index contributed by atoms with van der Waals surface area (Å²) in [6.45, 7) is 0. The van der Waals surface area contributed by atoms with Gasteiger partial charge in [0.2, 0.25) is 0 Å². The summed E-state index contributed by atoms with van der Waals surface area (Å²) in [5.41, 5.74) is 39.4. The molecule has 0 saturated heterocycles. The number of hydrogen-bond acceptors (Lipinski definition) is 42. The van der Waals surface area contributed by atoms with Crippen LogP contribution in [0.15, 0.2) is 259 Å². The van der Waals surface area contributed by atoms with Gasteiger partial charge in [-0.05, 0) is 111 Å². The number of nitrogens with zero attached hydrogens (tertiary/aromatic N) is 36. The number of carbonyl (C=O) groups excluding carboxylic acids is 6. The van der Waals surface area contributed by atoms with Gasteiger partial charge < -0.3 is 213 Å². The number of fused-ring (bicyclic) bond motifs is 6. The van der Waals surface area contributed by atoms with E-state index in [1.807, 2.05) is 109 Å². The minimum absolute atomic E-state index is 0. The number of amides is 6. The Balaban J connectivity index is -0.000000335. The normalized spacial score (nSPS) is 8.61. The van der Waals surface area contributed by atoms with Gasteiger partial charge in [-0.15, -0.1) is 0 Å². The van der Waals surface area contributed by atoms with Crippen molar-refractivity contribution >= 4 is 138 Å². The molecule has 0 aliphatic carbocycles. The molecule has 12 N–H and O–H groups in total. The van der Waals surface area contributed by atoms with E-state index < -0.39 is 36.6 Å². The van der Waals surface area contributed by atoms with Crippen molar-refractivity contribution in [3.8, 4) is 0 Å². The van der Waals surface area contributed by atoms with Crippen LogP contribution in [0.3, 0.4) is 0 Å². The molecule has 0 fully saturated rings. The van der Waals surface area contributed by atoms with E-state index in [4.69, 9.17) is 34.4 Å². The van der Waals surface area contributed by atoms with Gasteiger partial charge in [-0.25, -0.2) is 29.9 Å². The van der Waals surface area contributed by atoms with Gasteiger partial charge in [-0.1, -0.05) is 36.4 Å². The number of aromatic nitrogens is 30. The molecule has 138 heavy (non-hydrogen) atoms. The molecule has 0 saturated carbocycles. The minimum atomic E-state index is -1.16. The zero-order valence-corrected chi connectivity index (χ0v) is 94.8. The van der Waals surface area contributed by atoms with Gasteiger partial charge in [0.05, 0.1) is 0 Å². The molecule has 18 rings (SSSR count). The van der Waals surface area contributed by atoms with E-state index >= 15 is 0 Å². The van der Waals surface area contributed by atoms with Crippen LogP contribution in [-0.2, 0) is 117 Å². The number of rotatable bonds is 0. The average Bonchev–Trinajstić information content (AvgIpc) is 1.74. The summed E-state index contributed by atoms with van der Waals surface area (Å²) in [5, 5.41) is 57.1. The number of anilines is 6. The number of hydrogen-bond donors (Lipinski definition) is 6. The summed E-state index contributed by atoms with van der Waals surface area (Å²) in [6.07, 6.45) is 30.7. The summed E-state index contributed by atoms with van der Waals surface area (Å²) in [6, 6.07) is 34.3. The van der Waals surface area contributed by atoms with E-state index in [0.29, 0.717) is 102 Å². The van der Waals surface area contributed by atoms with Crippen LogP contribution >= 0.6 is 0 Å². The fraction of sp³-hybridized carbons (Fsp3) is 0.154. The van der Waals surface area contributed by atoms with Crippen molar-refractivity contribution in [3.05, 3.63) is 259 Å². The third-order valence-electron chi connectivity index (χ3n) is 12.8. The zero-order chi connectivity index (χ0) is 98.2. The van der Waals surface area contributed by atoms with Gasteiger partial charge in [0.25, 0.3) is 0 Å². The maximum Gasteiger partial charge on any atom is 2.00 e. The van der Waals surface area contributed by atoms with Crippen molar-refractivity contribution in [1.29, 1.82) is 0 Å². The fourth-order valence-corrected chi connectivity index (χ4v) is 6.33. The Morgan fingerprint density at radius 3 is 0.362 bits per heavy atom. The molecule has 60 heteroatoms. The standard InChI is InChI=1S/6C5H4N5.6C5H5N.6C3H7NO2.6Zn/c6*6-4-3-5(9-1-7-3)10-2-8-4;6*1-2-4-6-5-3-1;6*1-4(2)3(5)6;;;;;;/h6*1-2H,(H2-,6,7,8,9,10);6*1-5H;6*1-2H3,(H,5,6);;;;;;/q6*-1;;;;;;;;;;;;;6*+2/p-6. The fourth-order valence-electron chi connectivity index (χ4n) is 6.33. The van der Waals surface area contributed by atoms with Crippen molar-refractivity contribution in [2.24, 2.45) is 0 Å². The maximum absolute atomic E-state index is 9.51. The van der Waals surface area contributed by atoms with Gasteiger partial charge in [-0.3, -0.25) is 29.9 Å². The second-order valence-electron chi connectivity index (χ2n) is 23.9. The second-order valence-corrected chi connectivity index (χ2v) is 23.9. The van der Waals surface area contributed by atoms with Crippen molar-refractivity contribution in [2.75, 3.05) is 119 Å². The molecule has 6 amide bonds. The largest absolute Gasteiger partial charge is 2.00 e. The summed E-state index contributed by atoms with van der Waals surface area (Å²) in [4.78, 5) is 177. The van der Waals surface area contributed by atoms with Crippen molar-refractivity contribution < 1.29 is 176 Å². The van der Waals surface area contributed by atoms with Crippen molar-refractivity contribution in [1.82, 2.24) is 179 Å². The summed E-state index contributed by atoms with van der Waals surface area (Å²) in [7, 11) is 16.9. The number of carboxylic acid groups (broad SMARTS) is 6. The first kappa shape index (κ1) is 133. The smallest absolute Gasteiger partial charge is 0.530 e. The zero-order valence-electron chi connectivity index (χ0n) is 77.0. The van der Waals surface area contributed by atoms with Gasteiger partial charge >= 0.3 is 117 Å². The quantitative estimate of drug-likeness (QED) is 0.0836. The Hall–Kier alpha value is -15.6. The van der Waals surface area contributed by atoms with Crippen LogP contribution in [0.5, 0.6) is 0 Å². The van der Waals surface area contributed by atoms with Crippen LogP contribution in [0.2, 0.25) is 0 Å². The van der Waals surface area contributed by atoms with E-state index in [1.54, 1.807) is 74.4 Å². The van der Waals surface area contributed by atoms with Crippen LogP contribution in [0.4, 0.5) is 63.7 Å². The first-order valence-electron chi connectivity index (χ1n) is 36.6. The molecule has 18 aromatic rings. The molecule has 18 heterocycles. The van der Waals surface area contributed by atoms with E-state index in [0.717, 1.165) is 29.4 Å². The van der Waals surface area contributed by atoms with Crippen LogP contribution in [0, 0.1) is 0 Å². The molecule has 0 unspecified atom stereocenters. The first-order valence-corrected chi connectivity index (χ1v) is 36.6. The summed E-state index contributed by atoms with van der Waals surface area (Å²) < 4.78 is 0. The van der Waals surface area contributed by atoms with Gasteiger partial charge in [0, 0.05) is 264 Å². The number of nitrogen functional groups attached to an aromatic ring is 6. The van der Waals surface area contributed by atoms with Crippen molar-refractivity contribution in [3.63, 3.8) is 0 Å². The van der Waals surface area contributed by atoms with Crippen LogP contribution in [-0.4, -0.2) is 270 Å². The SMILES string of the molecule is CN(C)C(=O)[O-].CN(C)C(=O)[O-].CN(C)C(=O)[O-].CN(C)C(=O)[O-].CN(C)C(=O)[O-].CN(C)C(=O)[O-].Nc1ncnc2[n-]cnc12.Nc1ncnc2[n-]cnc12.Nc1ncnc2[n-]cnc12.Nc1ncnc2[n-]cnc12.Nc1ncnc2[n-]cnc12.Nc1ncnc2[n-]cnc12.[Zn+2].[Zn+2].[Zn+2].[Zn+2].[Zn+2].[Zn+2].c1ccncc1.c1ccncc1.c1ccncc1.c1ccncc1.c1ccncc1.c1ccncc1. The molecular weight excluding hydrogens is 2110 g/mol. The molecular formula is C78H90N42O12Zn6. The predicted molar refractivity (Wildman–Crippen MR) is 470 cm³/mol. The molecule has 696 valence electrons. The Morgan fingerprint density at radius 1 is 0.196 bits per heavy atom. The topological polar surface area (TPSA) is 810 Å². The van der Waals surface area contributed by atoms with Crippen molar-refractivity contribution in [2.45, 2.75) is 0 Å². The third kappa shape index (κ3) is 63.5. The molecule has 0 radical (unpaired) electrons. The second kappa shape index (κ2) is 82.1. The Labute approximate surface area is 865 Å². The molecule has 18 aromatic heterocycles. The molecule has 0 aliphatic rings. The Kier molecular flexibility index (Phi) is 79.2. The van der Waals surface area contributed by atoms with Crippen LogP contribution in [0.25, 0.3) is 67.0 Å². The van der Waals surface area contributed by atoms with E-state index in [2.05, 4.69) is 150 Å². The molecule has 0 aliphatic heterocycles. The monoisotopic (exact) mass is 2190 g/mol. The van der Waals surface area contributed by atoms with Crippen LogP contribution < -0.4 is 94.9 Å². The number of pyridine rings is 6. The van der Waals surface area contributed by atoms with E-state index in [9.17, 15) is 59.4 Å². The minimum Gasteiger partial charge on any atom is -0.530 e. The molecule has 54 nitrogen and oxygen atoms in total. The predicted octanol–water partition coefficient (Wildman–Crippen LogP) is -2.79. The average molecular weight is 2200 g/mol. The Morgan fingerprint density at radius 2 is 0.297 bits per heavy atom. The molecule has 0 bridgehead atoms. The summed E-state index contributed by atoms with van der Waals surface area (Å²) in [5.74, 6) is 2.26. The molecule has 0 spiro atoms. The molecule has 0 atom stereocenters. The number of nitrogens with two attached hydrogens (primary N) is 6. The van der Waals surface area contributed by atoms with E-state index in [1.165, 1.54) is 160 Å². The van der Waals surface area contributed by atoms with Crippen LogP contribution in [0.1, 0.15) is 0 Å². The Bertz CT molecular complexity index is 4930. The first-order chi connectivity index (χ1) is 63.1. The van der Waals surface area contributed by atoms with E-state index in [-0.39, 0.29) is 117 Å². The molecule has 0 aromatic carbocycles. The van der Waals surface area contributed by atoms with Gasteiger partial charge in [0.15, 0.2) is 0 Å². The number of imidazole rings is 6. The van der Waals surface area contributed by atoms with Gasteiger partial charge in [-0.2, -0.15) is 0 Å². The number of carbonyl (C=O) groups is 6.